The van der Waals surface area contributed by atoms with Gasteiger partial charge in [0.05, 0.1) is 31.0 Å². The molecule has 1 aliphatic rings. The van der Waals surface area contributed by atoms with Gasteiger partial charge in [0.15, 0.2) is 5.76 Å². The van der Waals surface area contributed by atoms with Gasteiger partial charge in [-0.05, 0) is 44.2 Å². The van der Waals surface area contributed by atoms with E-state index in [1.54, 1.807) is 23.5 Å². The zero-order valence-corrected chi connectivity index (χ0v) is 22.5. The molecule has 7 nitrogen and oxygen atoms in total. The van der Waals surface area contributed by atoms with Crippen LogP contribution in [0.15, 0.2) is 47.0 Å². The highest BCUT2D eigenvalue weighted by Gasteiger charge is 2.26. The number of aromatic nitrogens is 2. The molecule has 10 heteroatoms. The van der Waals surface area contributed by atoms with Crippen LogP contribution in [-0.2, 0) is 6.54 Å². The third kappa shape index (κ3) is 6.02. The van der Waals surface area contributed by atoms with Crippen molar-refractivity contribution in [2.45, 2.75) is 32.5 Å². The molecule has 0 spiro atoms. The van der Waals surface area contributed by atoms with Crippen LogP contribution < -0.4 is 4.74 Å². The number of β-amino-alcohol motifs (C(OH)–C–C–N with tert-alkyl or cyclic N) is 1. The van der Waals surface area contributed by atoms with Crippen LogP contribution in [0.4, 0.5) is 0 Å². The average Bonchev–Trinajstić information content (AvgIpc) is 3.46. The predicted octanol–water partition coefficient (Wildman–Crippen LogP) is 5.51. The average molecular weight is 548 g/mol. The molecule has 1 fully saturated rings. The molecule has 5 rings (SSSR count). The summed E-state index contributed by atoms with van der Waals surface area (Å²) in [4.78, 5) is 9.17. The van der Waals surface area contributed by atoms with E-state index in [1.807, 2.05) is 37.3 Å². The molecule has 190 valence electrons. The SMILES string of the molecule is Cc1nc2cc(OC[C@H](O)CN3CCN(Cc4cc(-c5ccc(Cl)c(Cl)c5)on4)C[C@@H]3C)ccc2s1. The standard InChI is InChI=1S/C26H28Cl2N4O3S/c1-16-12-31(13-19-10-25(35-30-19)18-3-5-22(27)23(28)9-18)7-8-32(16)14-20(33)15-34-21-4-6-26-24(11-21)29-17(2)36-26/h3-6,9-11,16,20,33H,7-8,12-15H2,1-2H3/t16-,20+/m0/s1. The van der Waals surface area contributed by atoms with Crippen LogP contribution in [0.25, 0.3) is 21.5 Å². The first kappa shape index (κ1) is 25.4. The third-order valence-corrected chi connectivity index (χ3v) is 8.04. The lowest BCUT2D eigenvalue weighted by atomic mass is 10.1. The van der Waals surface area contributed by atoms with E-state index in [0.717, 1.165) is 51.9 Å². The Morgan fingerprint density at radius 2 is 2.03 bits per heavy atom. The Labute approximate surface area is 224 Å². The summed E-state index contributed by atoms with van der Waals surface area (Å²) in [6.07, 6.45) is -0.573. The van der Waals surface area contributed by atoms with Gasteiger partial charge in [0.2, 0.25) is 0 Å². The van der Waals surface area contributed by atoms with Crippen molar-refractivity contribution in [2.75, 3.05) is 32.8 Å². The van der Waals surface area contributed by atoms with Gasteiger partial charge < -0.3 is 14.4 Å². The van der Waals surface area contributed by atoms with E-state index in [9.17, 15) is 5.11 Å². The van der Waals surface area contributed by atoms with Crippen LogP contribution in [0.1, 0.15) is 17.6 Å². The number of hydrogen-bond acceptors (Lipinski definition) is 8. The fraction of sp³-hybridized carbons (Fsp3) is 0.385. The van der Waals surface area contributed by atoms with Gasteiger partial charge in [0, 0.05) is 56.5 Å². The number of aryl methyl sites for hydroxylation is 1. The number of thiazole rings is 1. The lowest BCUT2D eigenvalue weighted by molar-refractivity contribution is 0.0192. The maximum atomic E-state index is 10.6. The summed E-state index contributed by atoms with van der Waals surface area (Å²) in [5.74, 6) is 1.40. The monoisotopic (exact) mass is 546 g/mol. The first-order valence-corrected chi connectivity index (χ1v) is 13.5. The van der Waals surface area contributed by atoms with E-state index in [-0.39, 0.29) is 6.61 Å². The lowest BCUT2D eigenvalue weighted by Crippen LogP contribution is -2.53. The van der Waals surface area contributed by atoms with Crippen molar-refractivity contribution >= 4 is 44.8 Å². The molecule has 0 bridgehead atoms. The summed E-state index contributed by atoms with van der Waals surface area (Å²) in [5, 5.41) is 16.9. The number of fused-ring (bicyclic) bond motifs is 1. The molecule has 2 atom stereocenters. The van der Waals surface area contributed by atoms with Crippen molar-refractivity contribution in [1.82, 2.24) is 19.9 Å². The zero-order valence-electron chi connectivity index (χ0n) is 20.2. The van der Waals surface area contributed by atoms with E-state index in [4.69, 9.17) is 32.5 Å². The highest BCUT2D eigenvalue weighted by molar-refractivity contribution is 7.18. The van der Waals surface area contributed by atoms with Gasteiger partial charge in [-0.15, -0.1) is 11.3 Å². The van der Waals surface area contributed by atoms with Crippen LogP contribution in [0, 0.1) is 6.92 Å². The third-order valence-electron chi connectivity index (χ3n) is 6.35. The van der Waals surface area contributed by atoms with Gasteiger partial charge in [0.1, 0.15) is 18.5 Å². The number of aliphatic hydroxyl groups excluding tert-OH is 1. The van der Waals surface area contributed by atoms with Crippen LogP contribution in [0.5, 0.6) is 5.75 Å². The van der Waals surface area contributed by atoms with Crippen molar-refractivity contribution in [2.24, 2.45) is 0 Å². The van der Waals surface area contributed by atoms with Crippen LogP contribution in [-0.4, -0.2) is 70.0 Å². The number of aliphatic hydroxyl groups is 1. The summed E-state index contributed by atoms with van der Waals surface area (Å²) >= 11 is 13.8. The number of halogens is 2. The van der Waals surface area contributed by atoms with Gasteiger partial charge in [-0.25, -0.2) is 4.98 Å². The van der Waals surface area contributed by atoms with E-state index in [1.165, 1.54) is 0 Å². The van der Waals surface area contributed by atoms with Gasteiger partial charge in [-0.2, -0.15) is 0 Å². The fourth-order valence-corrected chi connectivity index (χ4v) is 5.62. The molecule has 4 aromatic rings. The number of ether oxygens (including phenoxy) is 1. The minimum absolute atomic E-state index is 0.248. The number of nitrogens with zero attached hydrogens (tertiary/aromatic N) is 4. The molecule has 2 aromatic heterocycles. The highest BCUT2D eigenvalue weighted by Crippen LogP contribution is 2.29. The summed E-state index contributed by atoms with van der Waals surface area (Å²) in [7, 11) is 0. The van der Waals surface area contributed by atoms with E-state index >= 15 is 0 Å². The molecular weight excluding hydrogens is 519 g/mol. The summed E-state index contributed by atoms with van der Waals surface area (Å²) in [6.45, 7) is 8.32. The molecule has 1 saturated heterocycles. The van der Waals surface area contributed by atoms with Crippen LogP contribution >= 0.6 is 34.5 Å². The number of piperazine rings is 1. The summed E-state index contributed by atoms with van der Waals surface area (Å²) < 4.78 is 12.5. The summed E-state index contributed by atoms with van der Waals surface area (Å²) in [5.41, 5.74) is 2.65. The van der Waals surface area contributed by atoms with Crippen molar-refractivity contribution in [3.8, 4) is 17.1 Å². The maximum absolute atomic E-state index is 10.6. The molecular formula is C26H28Cl2N4O3S. The quantitative estimate of drug-likeness (QED) is 0.312. The highest BCUT2D eigenvalue weighted by atomic mass is 35.5. The molecule has 0 unspecified atom stereocenters. The molecule has 0 radical (unpaired) electrons. The Kier molecular flexibility index (Phi) is 7.81. The number of benzene rings is 2. The maximum Gasteiger partial charge on any atom is 0.167 e. The first-order chi connectivity index (χ1) is 17.3. The van der Waals surface area contributed by atoms with Crippen LogP contribution in [0.2, 0.25) is 10.0 Å². The van der Waals surface area contributed by atoms with Gasteiger partial charge in [-0.1, -0.05) is 28.4 Å². The molecule has 3 heterocycles. The number of hydrogen-bond donors (Lipinski definition) is 1. The van der Waals surface area contributed by atoms with Crippen molar-refractivity contribution in [3.05, 3.63) is 63.2 Å². The molecule has 0 aliphatic carbocycles. The Morgan fingerprint density at radius 1 is 1.17 bits per heavy atom. The minimum atomic E-state index is -0.573. The molecule has 1 N–H and O–H groups in total. The van der Waals surface area contributed by atoms with E-state index in [2.05, 4.69) is 26.9 Å². The minimum Gasteiger partial charge on any atom is -0.491 e. The fourth-order valence-electron chi connectivity index (χ4n) is 4.51. The second-order valence-corrected chi connectivity index (χ2v) is 11.3. The molecule has 0 saturated carbocycles. The zero-order chi connectivity index (χ0) is 25.2. The summed E-state index contributed by atoms with van der Waals surface area (Å²) in [6, 6.07) is 13.5. The Hall–Kier alpha value is -2.20. The second-order valence-electron chi connectivity index (χ2n) is 9.22. The number of rotatable bonds is 8. The topological polar surface area (TPSA) is 74.9 Å². The molecule has 0 amide bonds. The lowest BCUT2D eigenvalue weighted by Gasteiger charge is -2.40. The van der Waals surface area contributed by atoms with E-state index < -0.39 is 6.10 Å². The first-order valence-electron chi connectivity index (χ1n) is 11.9. The second kappa shape index (κ2) is 11.0. The Morgan fingerprint density at radius 3 is 2.83 bits per heavy atom. The van der Waals surface area contributed by atoms with E-state index in [0.29, 0.717) is 34.9 Å². The molecule has 1 aliphatic heterocycles. The van der Waals surface area contributed by atoms with Crippen LogP contribution in [0.3, 0.4) is 0 Å². The smallest absolute Gasteiger partial charge is 0.167 e. The van der Waals surface area contributed by atoms with Crippen molar-refractivity contribution in [3.63, 3.8) is 0 Å². The largest absolute Gasteiger partial charge is 0.491 e. The Balaban J connectivity index is 1.10. The van der Waals surface area contributed by atoms with Crippen molar-refractivity contribution in [1.29, 1.82) is 0 Å². The normalized spacial score (nSPS) is 18.1. The van der Waals surface area contributed by atoms with Gasteiger partial charge in [-0.3, -0.25) is 9.80 Å². The van der Waals surface area contributed by atoms with Gasteiger partial charge in [0.25, 0.3) is 0 Å². The van der Waals surface area contributed by atoms with Gasteiger partial charge >= 0.3 is 0 Å². The van der Waals surface area contributed by atoms with Crippen molar-refractivity contribution < 1.29 is 14.4 Å². The molecule has 36 heavy (non-hydrogen) atoms. The Bertz CT molecular complexity index is 1340. The molecule has 2 aromatic carbocycles. The predicted molar refractivity (Wildman–Crippen MR) is 144 cm³/mol.